The second-order valence-corrected chi connectivity index (χ2v) is 7.73. The van der Waals surface area contributed by atoms with E-state index in [2.05, 4.69) is 20.5 Å². The normalized spacial score (nSPS) is 15.3. The maximum Gasteiger partial charge on any atom is 0.155 e. The SMILES string of the molecule is Fc1ccc2c(c1)C[C@H](NCc1c(F)cc(-c3cccc(-c4ncn[nH]4)c3)cc1F)C2. The third-order valence-electron chi connectivity index (χ3n) is 5.69. The molecule has 1 aliphatic rings. The predicted molar refractivity (Wildman–Crippen MR) is 112 cm³/mol. The lowest BCUT2D eigenvalue weighted by atomic mass is 10.0. The first-order chi connectivity index (χ1) is 15.1. The Morgan fingerprint density at radius 2 is 1.65 bits per heavy atom. The summed E-state index contributed by atoms with van der Waals surface area (Å²) >= 11 is 0. The van der Waals surface area contributed by atoms with Gasteiger partial charge in [-0.3, -0.25) is 5.10 Å². The quantitative estimate of drug-likeness (QED) is 0.487. The summed E-state index contributed by atoms with van der Waals surface area (Å²) in [5.41, 5.74) is 3.92. The number of nitrogens with one attached hydrogen (secondary N) is 2. The van der Waals surface area contributed by atoms with Crippen LogP contribution in [0, 0.1) is 17.5 Å². The lowest BCUT2D eigenvalue weighted by Crippen LogP contribution is -2.29. The standard InChI is InChI=1S/C24H19F3N4/c25-19-5-4-15-8-20(9-17(15)7-19)28-12-21-22(26)10-18(11-23(21)27)14-2-1-3-16(6-14)24-29-13-30-31-24/h1-7,10-11,13,20,28H,8-9,12H2,(H,29,30,31)/t20-/m1/s1. The van der Waals surface area contributed by atoms with Gasteiger partial charge in [0.05, 0.1) is 0 Å². The first-order valence-corrected chi connectivity index (χ1v) is 10.0. The number of H-pyrrole nitrogens is 1. The van der Waals surface area contributed by atoms with E-state index in [9.17, 15) is 13.2 Å². The van der Waals surface area contributed by atoms with Gasteiger partial charge in [0.15, 0.2) is 5.82 Å². The van der Waals surface area contributed by atoms with Gasteiger partial charge in [-0.2, -0.15) is 5.10 Å². The van der Waals surface area contributed by atoms with Crippen molar-refractivity contribution in [2.24, 2.45) is 0 Å². The van der Waals surface area contributed by atoms with Crippen molar-refractivity contribution in [3.05, 3.63) is 95.1 Å². The lowest BCUT2D eigenvalue weighted by molar-refractivity contribution is 0.492. The van der Waals surface area contributed by atoms with E-state index in [0.29, 0.717) is 29.8 Å². The van der Waals surface area contributed by atoms with Crippen LogP contribution in [0.2, 0.25) is 0 Å². The summed E-state index contributed by atoms with van der Waals surface area (Å²) in [7, 11) is 0. The molecular weight excluding hydrogens is 401 g/mol. The number of fused-ring (bicyclic) bond motifs is 1. The second kappa shape index (κ2) is 8.00. The first-order valence-electron chi connectivity index (χ1n) is 10.0. The van der Waals surface area contributed by atoms with E-state index in [-0.39, 0.29) is 24.0 Å². The van der Waals surface area contributed by atoms with Gasteiger partial charge in [0.2, 0.25) is 0 Å². The number of hydrogen-bond donors (Lipinski definition) is 2. The Morgan fingerprint density at radius 1 is 0.871 bits per heavy atom. The van der Waals surface area contributed by atoms with Crippen molar-refractivity contribution < 1.29 is 13.2 Å². The molecule has 0 unspecified atom stereocenters. The van der Waals surface area contributed by atoms with Crippen LogP contribution < -0.4 is 5.32 Å². The Bertz CT molecular complexity index is 1210. The fourth-order valence-electron chi connectivity index (χ4n) is 4.11. The second-order valence-electron chi connectivity index (χ2n) is 7.73. The molecule has 0 radical (unpaired) electrons. The van der Waals surface area contributed by atoms with Gasteiger partial charge >= 0.3 is 0 Å². The average Bonchev–Trinajstić information content (AvgIpc) is 3.42. The molecule has 0 amide bonds. The zero-order valence-corrected chi connectivity index (χ0v) is 16.5. The van der Waals surface area contributed by atoms with E-state index in [1.54, 1.807) is 18.2 Å². The van der Waals surface area contributed by atoms with E-state index in [4.69, 9.17) is 0 Å². The average molecular weight is 420 g/mol. The Hall–Kier alpha value is -3.45. The Morgan fingerprint density at radius 3 is 2.42 bits per heavy atom. The molecule has 7 heteroatoms. The largest absolute Gasteiger partial charge is 0.309 e. The van der Waals surface area contributed by atoms with Crippen LogP contribution in [0.15, 0.2) is 60.9 Å². The summed E-state index contributed by atoms with van der Waals surface area (Å²) in [6.07, 6.45) is 2.76. The van der Waals surface area contributed by atoms with Crippen LogP contribution in [0.25, 0.3) is 22.5 Å². The van der Waals surface area contributed by atoms with Crippen LogP contribution in [0.3, 0.4) is 0 Å². The molecule has 3 aromatic carbocycles. The number of hydrogen-bond acceptors (Lipinski definition) is 3. The number of halogens is 3. The molecular formula is C24H19F3N4. The summed E-state index contributed by atoms with van der Waals surface area (Å²) in [6.45, 7) is 0.0667. The Labute approximate surface area is 177 Å². The molecule has 1 aromatic heterocycles. The monoisotopic (exact) mass is 420 g/mol. The highest BCUT2D eigenvalue weighted by Crippen LogP contribution is 2.28. The van der Waals surface area contributed by atoms with Crippen molar-refractivity contribution in [3.63, 3.8) is 0 Å². The zero-order chi connectivity index (χ0) is 21.4. The Kier molecular flexibility index (Phi) is 5.03. The van der Waals surface area contributed by atoms with Crippen LogP contribution in [-0.2, 0) is 19.4 Å². The lowest BCUT2D eigenvalue weighted by Gasteiger charge is -2.14. The fraction of sp³-hybridized carbons (Fsp3) is 0.167. The van der Waals surface area contributed by atoms with Crippen molar-refractivity contribution in [3.8, 4) is 22.5 Å². The minimum atomic E-state index is -0.603. The molecule has 1 atom stereocenters. The van der Waals surface area contributed by atoms with E-state index < -0.39 is 11.6 Å². The van der Waals surface area contributed by atoms with Crippen molar-refractivity contribution >= 4 is 0 Å². The van der Waals surface area contributed by atoms with Crippen LogP contribution in [0.4, 0.5) is 13.2 Å². The van der Waals surface area contributed by atoms with Gasteiger partial charge in [-0.1, -0.05) is 24.3 Å². The third kappa shape index (κ3) is 3.96. The van der Waals surface area contributed by atoms with Crippen molar-refractivity contribution in [1.29, 1.82) is 0 Å². The molecule has 156 valence electrons. The molecule has 0 spiro atoms. The molecule has 1 heterocycles. The first kappa shape index (κ1) is 19.5. The molecule has 0 bridgehead atoms. The van der Waals surface area contributed by atoms with Crippen LogP contribution in [0.1, 0.15) is 16.7 Å². The summed E-state index contributed by atoms with van der Waals surface area (Å²) in [5.74, 6) is -0.885. The molecule has 4 nitrogen and oxygen atoms in total. The van der Waals surface area contributed by atoms with Gasteiger partial charge in [0.25, 0.3) is 0 Å². The molecule has 0 saturated carbocycles. The van der Waals surface area contributed by atoms with Crippen LogP contribution >= 0.6 is 0 Å². The minimum Gasteiger partial charge on any atom is -0.309 e. The summed E-state index contributed by atoms with van der Waals surface area (Å²) in [4.78, 5) is 4.11. The highest BCUT2D eigenvalue weighted by molar-refractivity contribution is 5.70. The number of rotatable bonds is 5. The molecule has 1 aliphatic carbocycles. The highest BCUT2D eigenvalue weighted by atomic mass is 19.1. The highest BCUT2D eigenvalue weighted by Gasteiger charge is 2.22. The number of aromatic amines is 1. The minimum absolute atomic E-state index is 0.00252. The number of aromatic nitrogens is 3. The molecule has 0 aliphatic heterocycles. The van der Waals surface area contributed by atoms with Gasteiger partial charge in [-0.15, -0.1) is 0 Å². The maximum absolute atomic E-state index is 14.8. The molecule has 0 fully saturated rings. The summed E-state index contributed by atoms with van der Waals surface area (Å²) in [5, 5.41) is 9.82. The van der Waals surface area contributed by atoms with Crippen molar-refractivity contribution in [2.45, 2.75) is 25.4 Å². The molecule has 2 N–H and O–H groups in total. The zero-order valence-electron chi connectivity index (χ0n) is 16.5. The van der Waals surface area contributed by atoms with Gasteiger partial charge in [-0.05, 0) is 65.4 Å². The predicted octanol–water partition coefficient (Wildman–Crippen LogP) is 4.81. The van der Waals surface area contributed by atoms with Crippen molar-refractivity contribution in [2.75, 3.05) is 0 Å². The Balaban J connectivity index is 1.33. The number of benzene rings is 3. The van der Waals surface area contributed by atoms with E-state index >= 15 is 0 Å². The molecule has 0 saturated heterocycles. The summed E-state index contributed by atoms with van der Waals surface area (Å²) in [6, 6.07) is 14.7. The van der Waals surface area contributed by atoms with Gasteiger partial charge in [0.1, 0.15) is 23.8 Å². The van der Waals surface area contributed by atoms with Gasteiger partial charge in [0, 0.05) is 23.7 Å². The molecule has 4 aromatic rings. The topological polar surface area (TPSA) is 53.6 Å². The third-order valence-corrected chi connectivity index (χ3v) is 5.69. The maximum atomic E-state index is 14.8. The molecule has 5 rings (SSSR count). The van der Waals surface area contributed by atoms with E-state index in [1.807, 2.05) is 12.1 Å². The fourth-order valence-corrected chi connectivity index (χ4v) is 4.11. The van der Waals surface area contributed by atoms with Crippen LogP contribution in [0.5, 0.6) is 0 Å². The number of nitrogens with zero attached hydrogens (tertiary/aromatic N) is 2. The smallest absolute Gasteiger partial charge is 0.155 e. The van der Waals surface area contributed by atoms with Crippen LogP contribution in [-0.4, -0.2) is 21.2 Å². The molecule has 31 heavy (non-hydrogen) atoms. The summed E-state index contributed by atoms with van der Waals surface area (Å²) < 4.78 is 43.0. The van der Waals surface area contributed by atoms with E-state index in [0.717, 1.165) is 16.7 Å². The van der Waals surface area contributed by atoms with Crippen molar-refractivity contribution in [1.82, 2.24) is 20.5 Å². The van der Waals surface area contributed by atoms with Gasteiger partial charge < -0.3 is 5.32 Å². The van der Waals surface area contributed by atoms with Gasteiger partial charge in [-0.25, -0.2) is 18.2 Å². The van der Waals surface area contributed by atoms with E-state index in [1.165, 1.54) is 30.6 Å².